The molecule has 1 aliphatic rings. The SMILES string of the molecule is COc1ccc(OC)c(N2C=C(c3ccccc3I)[NH2+]N2)c1. The lowest BCUT2D eigenvalue weighted by atomic mass is 10.2. The van der Waals surface area contributed by atoms with E-state index in [4.69, 9.17) is 9.47 Å². The number of anilines is 1. The van der Waals surface area contributed by atoms with Crippen LogP contribution in [-0.2, 0) is 0 Å². The van der Waals surface area contributed by atoms with Gasteiger partial charge in [0.15, 0.2) is 5.70 Å². The van der Waals surface area contributed by atoms with E-state index in [1.54, 1.807) is 14.2 Å². The molecular formula is C16H17IN3O2+. The first-order chi connectivity index (χ1) is 10.7. The van der Waals surface area contributed by atoms with Crippen LogP contribution in [-0.4, -0.2) is 14.2 Å². The lowest BCUT2D eigenvalue weighted by molar-refractivity contribution is -0.618. The van der Waals surface area contributed by atoms with Gasteiger partial charge in [0.2, 0.25) is 0 Å². The predicted molar refractivity (Wildman–Crippen MR) is 94.2 cm³/mol. The monoisotopic (exact) mass is 410 g/mol. The molecule has 114 valence electrons. The first-order valence-corrected chi connectivity index (χ1v) is 7.88. The standard InChI is InChI=1S/C16H16IN3O2/c1-21-11-7-8-16(22-2)15(9-11)20-10-14(18-19-20)12-5-3-4-6-13(12)17/h3-10,18-19H,1-2H3/p+1. The number of halogens is 1. The fourth-order valence-corrected chi connectivity index (χ4v) is 3.02. The molecule has 0 fully saturated rings. The summed E-state index contributed by atoms with van der Waals surface area (Å²) in [6, 6.07) is 14.0. The lowest BCUT2D eigenvalue weighted by Crippen LogP contribution is -2.90. The van der Waals surface area contributed by atoms with Gasteiger partial charge >= 0.3 is 0 Å². The number of rotatable bonds is 4. The smallest absolute Gasteiger partial charge is 0.176 e. The van der Waals surface area contributed by atoms with Crippen LogP contribution in [0.25, 0.3) is 5.70 Å². The van der Waals surface area contributed by atoms with Gasteiger partial charge in [-0.25, -0.2) is 10.4 Å². The highest BCUT2D eigenvalue weighted by Crippen LogP contribution is 2.32. The largest absolute Gasteiger partial charge is 0.497 e. The van der Waals surface area contributed by atoms with Crippen molar-refractivity contribution in [2.45, 2.75) is 0 Å². The molecule has 0 saturated heterocycles. The van der Waals surface area contributed by atoms with Crippen LogP contribution in [0, 0.1) is 3.57 Å². The molecule has 6 heteroatoms. The van der Waals surface area contributed by atoms with E-state index in [-0.39, 0.29) is 0 Å². The summed E-state index contributed by atoms with van der Waals surface area (Å²) in [5.41, 5.74) is 8.45. The number of benzene rings is 2. The maximum Gasteiger partial charge on any atom is 0.176 e. The Labute approximate surface area is 143 Å². The van der Waals surface area contributed by atoms with Crippen molar-refractivity contribution >= 4 is 34.0 Å². The zero-order valence-corrected chi connectivity index (χ0v) is 14.5. The van der Waals surface area contributed by atoms with Gasteiger partial charge in [-0.2, -0.15) is 0 Å². The molecule has 0 spiro atoms. The Morgan fingerprint density at radius 1 is 1.09 bits per heavy atom. The fourth-order valence-electron chi connectivity index (χ4n) is 2.32. The van der Waals surface area contributed by atoms with Crippen LogP contribution >= 0.6 is 22.6 Å². The summed E-state index contributed by atoms with van der Waals surface area (Å²) >= 11 is 2.35. The topological polar surface area (TPSA) is 50.3 Å². The van der Waals surface area contributed by atoms with Crippen molar-refractivity contribution in [2.75, 3.05) is 19.2 Å². The van der Waals surface area contributed by atoms with Gasteiger partial charge in [-0.1, -0.05) is 17.7 Å². The minimum atomic E-state index is 0.780. The number of nitrogens with one attached hydrogen (secondary N) is 1. The van der Waals surface area contributed by atoms with E-state index in [0.717, 1.165) is 22.9 Å². The van der Waals surface area contributed by atoms with Crippen LogP contribution in [0.2, 0.25) is 0 Å². The molecule has 3 N–H and O–H groups in total. The molecule has 2 aromatic carbocycles. The van der Waals surface area contributed by atoms with Crippen LogP contribution in [0.3, 0.4) is 0 Å². The Kier molecular flexibility index (Phi) is 4.51. The summed E-state index contributed by atoms with van der Waals surface area (Å²) in [5, 5.41) is 1.93. The molecule has 0 radical (unpaired) electrons. The number of quaternary nitrogens is 1. The van der Waals surface area contributed by atoms with E-state index in [9.17, 15) is 0 Å². The van der Waals surface area contributed by atoms with Gasteiger partial charge in [0.05, 0.1) is 26.0 Å². The van der Waals surface area contributed by atoms with E-state index in [1.807, 2.05) is 40.8 Å². The van der Waals surface area contributed by atoms with Crippen LogP contribution in [0.15, 0.2) is 48.7 Å². The molecule has 2 aromatic rings. The highest BCUT2D eigenvalue weighted by molar-refractivity contribution is 14.1. The average Bonchev–Trinajstić information content (AvgIpc) is 3.04. The number of nitrogens with two attached hydrogens (primary N) is 1. The zero-order chi connectivity index (χ0) is 15.5. The summed E-state index contributed by atoms with van der Waals surface area (Å²) in [5.74, 6) is 1.57. The first kappa shape index (κ1) is 15.1. The van der Waals surface area contributed by atoms with Crippen molar-refractivity contribution in [1.29, 1.82) is 0 Å². The van der Waals surface area contributed by atoms with Crippen LogP contribution in [0.1, 0.15) is 5.56 Å². The Morgan fingerprint density at radius 3 is 2.64 bits per heavy atom. The second kappa shape index (κ2) is 6.55. The number of methoxy groups -OCH3 is 2. The van der Waals surface area contributed by atoms with E-state index in [2.05, 4.69) is 46.5 Å². The summed E-state index contributed by atoms with van der Waals surface area (Å²) < 4.78 is 12.0. The zero-order valence-electron chi connectivity index (χ0n) is 12.3. The van der Waals surface area contributed by atoms with Crippen molar-refractivity contribution in [3.8, 4) is 11.5 Å². The Bertz CT molecular complexity index is 718. The molecule has 1 heterocycles. The highest BCUT2D eigenvalue weighted by Gasteiger charge is 2.23. The summed E-state index contributed by atoms with van der Waals surface area (Å²) in [6.07, 6.45) is 2.05. The maximum absolute atomic E-state index is 5.44. The number of hydrogen-bond acceptors (Lipinski definition) is 4. The molecule has 0 saturated carbocycles. The number of hydrogen-bond donors (Lipinski definition) is 2. The third-order valence-electron chi connectivity index (χ3n) is 3.46. The molecule has 0 aliphatic carbocycles. The second-order valence-corrected chi connectivity index (χ2v) is 5.91. The highest BCUT2D eigenvalue weighted by atomic mass is 127. The Balaban J connectivity index is 1.96. The summed E-state index contributed by atoms with van der Waals surface area (Å²) in [6.45, 7) is 0. The molecule has 3 rings (SSSR count). The van der Waals surface area contributed by atoms with Gasteiger partial charge < -0.3 is 9.47 Å². The number of ether oxygens (including phenoxy) is 2. The van der Waals surface area contributed by atoms with Gasteiger partial charge in [-0.15, -0.1) is 0 Å². The minimum Gasteiger partial charge on any atom is -0.497 e. The third kappa shape index (κ3) is 2.90. The van der Waals surface area contributed by atoms with E-state index in [1.165, 1.54) is 9.13 Å². The normalized spacial score (nSPS) is 14.0. The maximum atomic E-state index is 5.44. The van der Waals surface area contributed by atoms with Crippen molar-refractivity contribution in [2.24, 2.45) is 0 Å². The second-order valence-electron chi connectivity index (χ2n) is 4.75. The van der Waals surface area contributed by atoms with Crippen molar-refractivity contribution in [1.82, 2.24) is 5.53 Å². The molecule has 22 heavy (non-hydrogen) atoms. The molecular weight excluding hydrogens is 393 g/mol. The van der Waals surface area contributed by atoms with Crippen LogP contribution < -0.4 is 25.4 Å². The average molecular weight is 410 g/mol. The van der Waals surface area contributed by atoms with Crippen molar-refractivity contribution in [3.05, 3.63) is 57.8 Å². The Hall–Kier alpha value is -1.77. The summed E-state index contributed by atoms with van der Waals surface area (Å²) in [7, 11) is 3.32. The van der Waals surface area contributed by atoms with E-state index < -0.39 is 0 Å². The minimum absolute atomic E-state index is 0.780. The molecule has 0 bridgehead atoms. The molecule has 5 nitrogen and oxygen atoms in total. The van der Waals surface area contributed by atoms with E-state index in [0.29, 0.717) is 0 Å². The lowest BCUT2D eigenvalue weighted by Gasteiger charge is -2.16. The fraction of sp³-hybridized carbons (Fsp3) is 0.125. The van der Waals surface area contributed by atoms with Crippen LogP contribution in [0.5, 0.6) is 11.5 Å². The molecule has 0 unspecified atom stereocenters. The molecule has 0 aromatic heterocycles. The quantitative estimate of drug-likeness (QED) is 0.599. The van der Waals surface area contributed by atoms with Crippen molar-refractivity contribution in [3.63, 3.8) is 0 Å². The number of hydrazine groups is 1. The third-order valence-corrected chi connectivity index (χ3v) is 4.40. The van der Waals surface area contributed by atoms with Crippen molar-refractivity contribution < 1.29 is 14.9 Å². The van der Waals surface area contributed by atoms with Gasteiger partial charge in [0, 0.05) is 9.64 Å². The van der Waals surface area contributed by atoms with Gasteiger partial charge in [-0.3, -0.25) is 0 Å². The summed E-state index contributed by atoms with van der Waals surface area (Å²) in [4.78, 5) is 0. The Morgan fingerprint density at radius 2 is 1.91 bits per heavy atom. The van der Waals surface area contributed by atoms with Gasteiger partial charge in [-0.05, 0) is 46.9 Å². The number of nitrogens with zero attached hydrogens (tertiary/aromatic N) is 1. The van der Waals surface area contributed by atoms with Crippen LogP contribution in [0.4, 0.5) is 5.69 Å². The molecule has 0 atom stereocenters. The van der Waals surface area contributed by atoms with E-state index >= 15 is 0 Å². The first-order valence-electron chi connectivity index (χ1n) is 6.80. The predicted octanol–water partition coefficient (Wildman–Crippen LogP) is 2.11. The van der Waals surface area contributed by atoms with Gasteiger partial charge in [0.25, 0.3) is 0 Å². The molecule has 1 aliphatic heterocycles. The molecule has 0 amide bonds. The van der Waals surface area contributed by atoms with Gasteiger partial charge in [0.1, 0.15) is 17.2 Å².